The van der Waals surface area contributed by atoms with Crippen molar-refractivity contribution in [3.05, 3.63) is 59.2 Å². The lowest BCUT2D eigenvalue weighted by Gasteiger charge is -2.17. The Labute approximate surface area is 128 Å². The molecule has 2 aromatic carbocycles. The highest BCUT2D eigenvalue weighted by molar-refractivity contribution is 5.43. The molecule has 0 radical (unpaired) electrons. The molecule has 0 aliphatic carbocycles. The van der Waals surface area contributed by atoms with Gasteiger partial charge in [-0.15, -0.1) is 0 Å². The minimum Gasteiger partial charge on any atom is -0.457 e. The highest BCUT2D eigenvalue weighted by Gasteiger charge is 2.11. The number of benzene rings is 2. The van der Waals surface area contributed by atoms with Crippen molar-refractivity contribution in [1.29, 1.82) is 0 Å². The molecule has 2 aromatic rings. The summed E-state index contributed by atoms with van der Waals surface area (Å²) in [6, 6.07) is 14.7. The summed E-state index contributed by atoms with van der Waals surface area (Å²) in [6.07, 6.45) is 1.11. The van der Waals surface area contributed by atoms with Crippen LogP contribution in [0.2, 0.25) is 0 Å². The average Bonchev–Trinajstić information content (AvgIpc) is 2.50. The van der Waals surface area contributed by atoms with E-state index in [0.29, 0.717) is 5.92 Å². The number of aryl methyl sites for hydroxylation is 1. The van der Waals surface area contributed by atoms with Gasteiger partial charge in [-0.05, 0) is 55.1 Å². The van der Waals surface area contributed by atoms with E-state index >= 15 is 0 Å². The van der Waals surface area contributed by atoms with Gasteiger partial charge in [0.2, 0.25) is 0 Å². The van der Waals surface area contributed by atoms with Crippen LogP contribution in [0.25, 0.3) is 0 Å². The maximum absolute atomic E-state index is 6.18. The van der Waals surface area contributed by atoms with Crippen molar-refractivity contribution in [2.45, 2.75) is 39.7 Å². The predicted octanol–water partition coefficient (Wildman–Crippen LogP) is 5.02. The van der Waals surface area contributed by atoms with Crippen LogP contribution < -0.4 is 10.1 Å². The van der Waals surface area contributed by atoms with Gasteiger partial charge >= 0.3 is 0 Å². The molecule has 0 fully saturated rings. The first-order chi connectivity index (χ1) is 10.2. The van der Waals surface area contributed by atoms with Gasteiger partial charge in [0.05, 0.1) is 0 Å². The molecular formula is C19H25NO. The van der Waals surface area contributed by atoms with E-state index in [4.69, 9.17) is 4.74 Å². The molecule has 1 N–H and O–H groups in total. The highest BCUT2D eigenvalue weighted by Crippen LogP contribution is 2.33. The standard InChI is InChI=1S/C19H25NO/c1-5-14(2)17-8-6-7-9-19(17)21-18-11-10-16(13-20-4)12-15(18)3/h6-12,14,20H,5,13H2,1-4H3. The molecule has 0 amide bonds. The quantitative estimate of drug-likeness (QED) is 0.803. The van der Waals surface area contributed by atoms with Gasteiger partial charge in [-0.25, -0.2) is 0 Å². The van der Waals surface area contributed by atoms with E-state index in [2.05, 4.69) is 62.5 Å². The molecule has 1 unspecified atom stereocenters. The SMILES string of the molecule is CCC(C)c1ccccc1Oc1ccc(CNC)cc1C. The van der Waals surface area contributed by atoms with Gasteiger partial charge in [0, 0.05) is 6.54 Å². The summed E-state index contributed by atoms with van der Waals surface area (Å²) in [5.74, 6) is 2.41. The predicted molar refractivity (Wildman–Crippen MR) is 89.2 cm³/mol. The van der Waals surface area contributed by atoms with E-state index < -0.39 is 0 Å². The van der Waals surface area contributed by atoms with Crippen LogP contribution in [-0.2, 0) is 6.54 Å². The smallest absolute Gasteiger partial charge is 0.130 e. The Bertz CT molecular complexity index is 592. The average molecular weight is 283 g/mol. The van der Waals surface area contributed by atoms with E-state index in [1.807, 2.05) is 13.1 Å². The number of ether oxygens (including phenoxy) is 1. The van der Waals surface area contributed by atoms with Crippen molar-refractivity contribution in [3.63, 3.8) is 0 Å². The fraction of sp³-hybridized carbons (Fsp3) is 0.368. The molecule has 0 aromatic heterocycles. The Kier molecular flexibility index (Phi) is 5.40. The van der Waals surface area contributed by atoms with E-state index in [1.165, 1.54) is 16.7 Å². The zero-order valence-electron chi connectivity index (χ0n) is 13.4. The molecule has 21 heavy (non-hydrogen) atoms. The Morgan fingerprint density at radius 1 is 1.10 bits per heavy atom. The van der Waals surface area contributed by atoms with E-state index in [1.54, 1.807) is 0 Å². The second-order valence-corrected chi connectivity index (χ2v) is 5.58. The third-order valence-electron chi connectivity index (χ3n) is 3.90. The Balaban J connectivity index is 2.26. The Morgan fingerprint density at radius 2 is 1.86 bits per heavy atom. The third-order valence-corrected chi connectivity index (χ3v) is 3.90. The van der Waals surface area contributed by atoms with Crippen LogP contribution in [0.4, 0.5) is 0 Å². The van der Waals surface area contributed by atoms with Crippen LogP contribution in [0.5, 0.6) is 11.5 Å². The molecule has 0 saturated heterocycles. The molecule has 2 heteroatoms. The molecule has 0 aliphatic heterocycles. The minimum absolute atomic E-state index is 0.505. The number of hydrogen-bond acceptors (Lipinski definition) is 2. The molecule has 0 bridgehead atoms. The fourth-order valence-electron chi connectivity index (χ4n) is 2.46. The van der Waals surface area contributed by atoms with Crippen LogP contribution in [0, 0.1) is 6.92 Å². The summed E-state index contributed by atoms with van der Waals surface area (Å²) in [5, 5.41) is 3.17. The summed E-state index contributed by atoms with van der Waals surface area (Å²) in [6.45, 7) is 7.43. The molecule has 112 valence electrons. The first kappa shape index (κ1) is 15.6. The lowest BCUT2D eigenvalue weighted by atomic mass is 9.98. The van der Waals surface area contributed by atoms with Crippen molar-refractivity contribution in [2.24, 2.45) is 0 Å². The maximum atomic E-state index is 6.18. The molecule has 2 rings (SSSR count). The third kappa shape index (κ3) is 3.85. The number of para-hydroxylation sites is 1. The van der Waals surface area contributed by atoms with Gasteiger partial charge in [-0.3, -0.25) is 0 Å². The number of nitrogens with one attached hydrogen (secondary N) is 1. The summed E-state index contributed by atoms with van der Waals surface area (Å²) in [7, 11) is 1.96. The normalized spacial score (nSPS) is 12.2. The fourth-order valence-corrected chi connectivity index (χ4v) is 2.46. The van der Waals surface area contributed by atoms with Crippen molar-refractivity contribution >= 4 is 0 Å². The first-order valence-electron chi connectivity index (χ1n) is 7.66. The van der Waals surface area contributed by atoms with Crippen molar-refractivity contribution in [3.8, 4) is 11.5 Å². The maximum Gasteiger partial charge on any atom is 0.130 e. The summed E-state index contributed by atoms with van der Waals surface area (Å²) < 4.78 is 6.18. The molecule has 0 saturated carbocycles. The summed E-state index contributed by atoms with van der Waals surface area (Å²) in [5.41, 5.74) is 3.72. The highest BCUT2D eigenvalue weighted by atomic mass is 16.5. The molecule has 2 nitrogen and oxygen atoms in total. The lowest BCUT2D eigenvalue weighted by molar-refractivity contribution is 0.466. The lowest BCUT2D eigenvalue weighted by Crippen LogP contribution is -2.05. The molecule has 1 atom stereocenters. The monoisotopic (exact) mass is 283 g/mol. The summed E-state index contributed by atoms with van der Waals surface area (Å²) in [4.78, 5) is 0. The van der Waals surface area contributed by atoms with Crippen molar-refractivity contribution < 1.29 is 4.74 Å². The van der Waals surface area contributed by atoms with Crippen molar-refractivity contribution in [2.75, 3.05) is 7.05 Å². The topological polar surface area (TPSA) is 21.3 Å². The van der Waals surface area contributed by atoms with E-state index in [-0.39, 0.29) is 0 Å². The molecule has 0 spiro atoms. The van der Waals surface area contributed by atoms with Gasteiger partial charge in [0.15, 0.2) is 0 Å². The van der Waals surface area contributed by atoms with Crippen LogP contribution >= 0.6 is 0 Å². The van der Waals surface area contributed by atoms with Gasteiger partial charge < -0.3 is 10.1 Å². The minimum atomic E-state index is 0.505. The van der Waals surface area contributed by atoms with E-state index in [0.717, 1.165) is 24.5 Å². The summed E-state index contributed by atoms with van der Waals surface area (Å²) >= 11 is 0. The van der Waals surface area contributed by atoms with Gasteiger partial charge in [-0.1, -0.05) is 44.2 Å². The van der Waals surface area contributed by atoms with Crippen molar-refractivity contribution in [1.82, 2.24) is 5.32 Å². The zero-order valence-corrected chi connectivity index (χ0v) is 13.4. The van der Waals surface area contributed by atoms with Crippen LogP contribution in [-0.4, -0.2) is 7.05 Å². The molecular weight excluding hydrogens is 258 g/mol. The Hall–Kier alpha value is -1.80. The van der Waals surface area contributed by atoms with Crippen LogP contribution in [0.15, 0.2) is 42.5 Å². The van der Waals surface area contributed by atoms with Gasteiger partial charge in [-0.2, -0.15) is 0 Å². The van der Waals surface area contributed by atoms with Gasteiger partial charge in [0.25, 0.3) is 0 Å². The van der Waals surface area contributed by atoms with Crippen LogP contribution in [0.1, 0.15) is 42.9 Å². The Morgan fingerprint density at radius 3 is 2.52 bits per heavy atom. The van der Waals surface area contributed by atoms with Gasteiger partial charge in [0.1, 0.15) is 11.5 Å². The first-order valence-corrected chi connectivity index (χ1v) is 7.66. The zero-order chi connectivity index (χ0) is 15.2. The molecule has 0 aliphatic rings. The molecule has 0 heterocycles. The van der Waals surface area contributed by atoms with E-state index in [9.17, 15) is 0 Å². The van der Waals surface area contributed by atoms with Crippen LogP contribution in [0.3, 0.4) is 0 Å². The second-order valence-electron chi connectivity index (χ2n) is 5.58. The number of hydrogen-bond donors (Lipinski definition) is 1. The largest absolute Gasteiger partial charge is 0.457 e. The number of rotatable bonds is 6. The second kappa shape index (κ2) is 7.28.